The van der Waals surface area contributed by atoms with E-state index in [1.807, 2.05) is 54.9 Å². The predicted molar refractivity (Wildman–Crippen MR) is 99.0 cm³/mol. The van der Waals surface area contributed by atoms with Crippen molar-refractivity contribution in [3.8, 4) is 17.2 Å². The molecule has 3 rings (SSSR count). The second-order valence-corrected chi connectivity index (χ2v) is 6.21. The SMILES string of the molecule is Cc1nn(CCc2ccc(C(=O)O)cc2)c(C)c1-c1ccc(C#N)cc1. The van der Waals surface area contributed by atoms with Gasteiger partial charge < -0.3 is 5.11 Å². The molecule has 0 atom stereocenters. The minimum Gasteiger partial charge on any atom is -0.478 e. The lowest BCUT2D eigenvalue weighted by molar-refractivity contribution is 0.0697. The average molecular weight is 345 g/mol. The molecule has 0 aliphatic heterocycles. The Morgan fingerprint density at radius 2 is 1.77 bits per heavy atom. The maximum atomic E-state index is 10.9. The van der Waals surface area contributed by atoms with Crippen LogP contribution in [0.5, 0.6) is 0 Å². The van der Waals surface area contributed by atoms with Crippen LogP contribution in [0.4, 0.5) is 0 Å². The minimum atomic E-state index is -0.915. The summed E-state index contributed by atoms with van der Waals surface area (Å²) in [4.78, 5) is 10.9. The standard InChI is InChI=1S/C21H19N3O2/c1-14-20(18-7-5-17(13-22)6-8-18)15(2)24(23-14)12-11-16-3-9-19(10-4-16)21(25)26/h3-10H,11-12H2,1-2H3,(H,25,26). The van der Waals surface area contributed by atoms with Crippen LogP contribution in [0, 0.1) is 25.2 Å². The molecule has 0 amide bonds. The molecule has 26 heavy (non-hydrogen) atoms. The van der Waals surface area contributed by atoms with Crippen LogP contribution in [0.2, 0.25) is 0 Å². The summed E-state index contributed by atoms with van der Waals surface area (Å²) in [5.74, 6) is -0.915. The topological polar surface area (TPSA) is 78.9 Å². The number of nitrogens with zero attached hydrogens (tertiary/aromatic N) is 3. The lowest BCUT2D eigenvalue weighted by Gasteiger charge is -2.07. The maximum absolute atomic E-state index is 10.9. The molecule has 0 radical (unpaired) electrons. The molecule has 0 bridgehead atoms. The van der Waals surface area contributed by atoms with Crippen molar-refractivity contribution >= 4 is 5.97 Å². The fraction of sp³-hybridized carbons (Fsp3) is 0.190. The zero-order valence-corrected chi connectivity index (χ0v) is 14.7. The van der Waals surface area contributed by atoms with E-state index in [9.17, 15) is 4.79 Å². The number of hydrogen-bond donors (Lipinski definition) is 1. The van der Waals surface area contributed by atoms with Crippen LogP contribution in [0.3, 0.4) is 0 Å². The zero-order chi connectivity index (χ0) is 18.7. The highest BCUT2D eigenvalue weighted by molar-refractivity contribution is 5.87. The van der Waals surface area contributed by atoms with Gasteiger partial charge in [0.05, 0.1) is 22.9 Å². The molecule has 5 nitrogen and oxygen atoms in total. The van der Waals surface area contributed by atoms with E-state index in [1.165, 1.54) is 0 Å². The molecule has 1 aromatic heterocycles. The highest BCUT2D eigenvalue weighted by atomic mass is 16.4. The van der Waals surface area contributed by atoms with Gasteiger partial charge in [0.15, 0.2) is 0 Å². The van der Waals surface area contributed by atoms with Gasteiger partial charge >= 0.3 is 5.97 Å². The summed E-state index contributed by atoms with van der Waals surface area (Å²) in [5.41, 5.74) is 6.18. The lowest BCUT2D eigenvalue weighted by atomic mass is 10.0. The summed E-state index contributed by atoms with van der Waals surface area (Å²) in [6, 6.07) is 16.6. The number of aromatic carboxylic acids is 1. The lowest BCUT2D eigenvalue weighted by Crippen LogP contribution is -2.06. The molecule has 0 fully saturated rings. The van der Waals surface area contributed by atoms with Crippen LogP contribution in [0.15, 0.2) is 48.5 Å². The average Bonchev–Trinajstić information content (AvgIpc) is 2.94. The quantitative estimate of drug-likeness (QED) is 0.758. The van der Waals surface area contributed by atoms with Gasteiger partial charge in [-0.1, -0.05) is 24.3 Å². The number of carboxylic acids is 1. The van der Waals surface area contributed by atoms with Gasteiger partial charge in [-0.25, -0.2) is 4.79 Å². The van der Waals surface area contributed by atoms with E-state index in [0.29, 0.717) is 11.1 Å². The van der Waals surface area contributed by atoms with Crippen LogP contribution < -0.4 is 0 Å². The van der Waals surface area contributed by atoms with Crippen molar-refractivity contribution in [1.82, 2.24) is 9.78 Å². The van der Waals surface area contributed by atoms with Gasteiger partial charge in [-0.15, -0.1) is 0 Å². The second-order valence-electron chi connectivity index (χ2n) is 6.21. The number of rotatable bonds is 5. The molecular formula is C21H19N3O2. The molecule has 2 aromatic carbocycles. The third kappa shape index (κ3) is 3.50. The van der Waals surface area contributed by atoms with Gasteiger partial charge in [-0.2, -0.15) is 10.4 Å². The first-order valence-electron chi connectivity index (χ1n) is 8.36. The van der Waals surface area contributed by atoms with Crippen molar-refractivity contribution in [2.75, 3.05) is 0 Å². The molecule has 0 aliphatic rings. The third-order valence-corrected chi connectivity index (χ3v) is 4.50. The molecular weight excluding hydrogens is 326 g/mol. The second kappa shape index (κ2) is 7.24. The van der Waals surface area contributed by atoms with Crippen molar-refractivity contribution in [1.29, 1.82) is 5.26 Å². The summed E-state index contributed by atoms with van der Waals surface area (Å²) in [6.45, 7) is 4.75. The number of aromatic nitrogens is 2. The van der Waals surface area contributed by atoms with Crippen LogP contribution in [-0.2, 0) is 13.0 Å². The minimum absolute atomic E-state index is 0.294. The molecule has 5 heteroatoms. The highest BCUT2D eigenvalue weighted by Crippen LogP contribution is 2.27. The Labute approximate surface area is 152 Å². The Bertz CT molecular complexity index is 978. The zero-order valence-electron chi connectivity index (χ0n) is 14.7. The molecule has 0 spiro atoms. The number of aryl methyl sites for hydroxylation is 3. The summed E-state index contributed by atoms with van der Waals surface area (Å²) >= 11 is 0. The maximum Gasteiger partial charge on any atom is 0.335 e. The number of benzene rings is 2. The van der Waals surface area contributed by atoms with E-state index in [1.54, 1.807) is 12.1 Å². The summed E-state index contributed by atoms with van der Waals surface area (Å²) < 4.78 is 1.98. The molecule has 130 valence electrons. The van der Waals surface area contributed by atoms with Crippen LogP contribution in [-0.4, -0.2) is 20.9 Å². The number of nitriles is 1. The largest absolute Gasteiger partial charge is 0.478 e. The van der Waals surface area contributed by atoms with Gasteiger partial charge in [-0.05, 0) is 55.7 Å². The monoisotopic (exact) mass is 345 g/mol. The molecule has 1 heterocycles. The summed E-state index contributed by atoms with van der Waals surface area (Å²) in [6.07, 6.45) is 0.772. The normalized spacial score (nSPS) is 10.5. The fourth-order valence-electron chi connectivity index (χ4n) is 3.09. The molecule has 0 aliphatic carbocycles. The van der Waals surface area contributed by atoms with E-state index < -0.39 is 5.97 Å². The third-order valence-electron chi connectivity index (χ3n) is 4.50. The van der Waals surface area contributed by atoms with E-state index in [2.05, 4.69) is 11.2 Å². The summed E-state index contributed by atoms with van der Waals surface area (Å²) in [5, 5.41) is 22.5. The summed E-state index contributed by atoms with van der Waals surface area (Å²) in [7, 11) is 0. The predicted octanol–water partition coefficient (Wildman–Crippen LogP) is 3.98. The van der Waals surface area contributed by atoms with Crippen molar-refractivity contribution in [2.24, 2.45) is 0 Å². The number of carboxylic acid groups (broad SMARTS) is 1. The van der Waals surface area contributed by atoms with Crippen LogP contribution >= 0.6 is 0 Å². The first-order valence-corrected chi connectivity index (χ1v) is 8.36. The van der Waals surface area contributed by atoms with Crippen molar-refractivity contribution < 1.29 is 9.90 Å². The Kier molecular flexibility index (Phi) is 4.85. The smallest absolute Gasteiger partial charge is 0.335 e. The molecule has 3 aromatic rings. The Morgan fingerprint density at radius 1 is 1.12 bits per heavy atom. The molecule has 0 saturated carbocycles. The van der Waals surface area contributed by atoms with Crippen molar-refractivity contribution in [3.05, 3.63) is 76.6 Å². The Balaban J connectivity index is 1.79. The molecule has 1 N–H and O–H groups in total. The van der Waals surface area contributed by atoms with Crippen LogP contribution in [0.25, 0.3) is 11.1 Å². The van der Waals surface area contributed by atoms with Gasteiger partial charge in [0.25, 0.3) is 0 Å². The highest BCUT2D eigenvalue weighted by Gasteiger charge is 2.13. The van der Waals surface area contributed by atoms with Gasteiger partial charge in [0.1, 0.15) is 0 Å². The van der Waals surface area contributed by atoms with E-state index in [0.717, 1.165) is 41.0 Å². The molecule has 0 unspecified atom stereocenters. The van der Waals surface area contributed by atoms with Gasteiger partial charge in [-0.3, -0.25) is 4.68 Å². The van der Waals surface area contributed by atoms with E-state index in [-0.39, 0.29) is 0 Å². The van der Waals surface area contributed by atoms with Crippen molar-refractivity contribution in [2.45, 2.75) is 26.8 Å². The Hall–Kier alpha value is -3.39. The van der Waals surface area contributed by atoms with Crippen LogP contribution in [0.1, 0.15) is 32.9 Å². The number of hydrogen-bond acceptors (Lipinski definition) is 3. The van der Waals surface area contributed by atoms with Gasteiger partial charge in [0.2, 0.25) is 0 Å². The first-order chi connectivity index (χ1) is 12.5. The fourth-order valence-corrected chi connectivity index (χ4v) is 3.09. The molecule has 0 saturated heterocycles. The van der Waals surface area contributed by atoms with E-state index >= 15 is 0 Å². The van der Waals surface area contributed by atoms with E-state index in [4.69, 9.17) is 10.4 Å². The van der Waals surface area contributed by atoms with Crippen molar-refractivity contribution in [3.63, 3.8) is 0 Å². The van der Waals surface area contributed by atoms with Gasteiger partial charge in [0, 0.05) is 17.8 Å². The Morgan fingerprint density at radius 3 is 2.35 bits per heavy atom. The first kappa shape index (κ1) is 17.4. The number of carbonyl (C=O) groups is 1.